The second-order valence-corrected chi connectivity index (χ2v) is 3.42. The lowest BCUT2D eigenvalue weighted by molar-refractivity contribution is -0.129. The average molecular weight is 173 g/mol. The zero-order chi connectivity index (χ0) is 9.14. The lowest BCUT2D eigenvalue weighted by Gasteiger charge is -2.27. The van der Waals surface area contributed by atoms with Gasteiger partial charge in [-0.1, -0.05) is 0 Å². The molecule has 0 aromatic heterocycles. The van der Waals surface area contributed by atoms with Crippen LogP contribution in [0.5, 0.6) is 0 Å². The smallest absolute Gasteiger partial charge is 0.246 e. The van der Waals surface area contributed by atoms with E-state index in [0.29, 0.717) is 25.7 Å². The van der Waals surface area contributed by atoms with Crippen LogP contribution in [-0.4, -0.2) is 28.3 Å². The number of amides is 1. The van der Waals surface area contributed by atoms with E-state index in [1.807, 2.05) is 0 Å². The van der Waals surface area contributed by atoms with Crippen LogP contribution in [0.25, 0.3) is 0 Å². The van der Waals surface area contributed by atoms with Crippen LogP contribution in [0.15, 0.2) is 0 Å². The molecular weight excluding hydrogens is 158 g/mol. The van der Waals surface area contributed by atoms with Gasteiger partial charge in [0.05, 0.1) is 6.10 Å². The lowest BCUT2D eigenvalue weighted by atomic mass is 9.83. The van der Waals surface area contributed by atoms with E-state index < -0.39 is 12.0 Å². The van der Waals surface area contributed by atoms with Crippen molar-refractivity contribution < 1.29 is 15.0 Å². The van der Waals surface area contributed by atoms with E-state index in [-0.39, 0.29) is 12.0 Å². The summed E-state index contributed by atoms with van der Waals surface area (Å²) in [5.74, 6) is -0.706. The largest absolute Gasteiger partial charge is 0.393 e. The summed E-state index contributed by atoms with van der Waals surface area (Å²) >= 11 is 0. The van der Waals surface area contributed by atoms with Crippen LogP contribution in [0.3, 0.4) is 0 Å². The minimum absolute atomic E-state index is 0.0501. The number of aliphatic hydroxyl groups is 2. The molecule has 1 aliphatic carbocycles. The second-order valence-electron chi connectivity index (χ2n) is 3.42. The van der Waals surface area contributed by atoms with E-state index >= 15 is 0 Å². The van der Waals surface area contributed by atoms with Crippen molar-refractivity contribution in [1.29, 1.82) is 0 Å². The van der Waals surface area contributed by atoms with Gasteiger partial charge in [-0.25, -0.2) is 0 Å². The summed E-state index contributed by atoms with van der Waals surface area (Å²) in [7, 11) is 0. The summed E-state index contributed by atoms with van der Waals surface area (Å²) in [6.45, 7) is 0. The van der Waals surface area contributed by atoms with E-state index in [1.165, 1.54) is 0 Å². The highest BCUT2D eigenvalue weighted by Gasteiger charge is 2.28. The molecule has 4 N–H and O–H groups in total. The molecule has 0 spiro atoms. The molecule has 70 valence electrons. The van der Waals surface area contributed by atoms with Crippen molar-refractivity contribution in [3.63, 3.8) is 0 Å². The molecule has 1 unspecified atom stereocenters. The van der Waals surface area contributed by atoms with Gasteiger partial charge in [0.15, 0.2) is 0 Å². The van der Waals surface area contributed by atoms with Crippen LogP contribution in [0, 0.1) is 5.92 Å². The molecular formula is C8H15NO3. The SMILES string of the molecule is NC(=O)C(O)C1CCC(O)CC1. The van der Waals surface area contributed by atoms with Crippen molar-refractivity contribution in [1.82, 2.24) is 0 Å². The predicted octanol–water partition coefficient (Wildman–Crippen LogP) is -0.616. The Balaban J connectivity index is 2.39. The number of aliphatic hydroxyl groups excluding tert-OH is 2. The molecule has 0 heterocycles. The first-order valence-electron chi connectivity index (χ1n) is 4.26. The normalized spacial score (nSPS) is 32.8. The summed E-state index contributed by atoms with van der Waals surface area (Å²) in [5.41, 5.74) is 4.95. The number of rotatable bonds is 2. The molecule has 1 fully saturated rings. The van der Waals surface area contributed by atoms with Gasteiger partial charge in [0.1, 0.15) is 6.10 Å². The Morgan fingerprint density at radius 2 is 1.83 bits per heavy atom. The maximum Gasteiger partial charge on any atom is 0.246 e. The third-order valence-electron chi connectivity index (χ3n) is 2.48. The van der Waals surface area contributed by atoms with E-state index in [0.717, 1.165) is 0 Å². The number of hydrogen-bond acceptors (Lipinski definition) is 3. The maximum atomic E-state index is 10.6. The maximum absolute atomic E-state index is 10.6. The molecule has 1 aliphatic rings. The average Bonchev–Trinajstić information content (AvgIpc) is 2.04. The Labute approximate surface area is 71.4 Å². The zero-order valence-corrected chi connectivity index (χ0v) is 6.94. The molecule has 1 atom stereocenters. The van der Waals surface area contributed by atoms with Crippen LogP contribution < -0.4 is 5.73 Å². The molecule has 12 heavy (non-hydrogen) atoms. The predicted molar refractivity (Wildman–Crippen MR) is 43.2 cm³/mol. The summed E-state index contributed by atoms with van der Waals surface area (Å²) in [5, 5.41) is 18.4. The van der Waals surface area contributed by atoms with Crippen molar-refractivity contribution >= 4 is 5.91 Å². The quantitative estimate of drug-likeness (QED) is 0.520. The number of carbonyl (C=O) groups excluding carboxylic acids is 1. The number of carbonyl (C=O) groups is 1. The highest BCUT2D eigenvalue weighted by Crippen LogP contribution is 2.26. The van der Waals surface area contributed by atoms with Crippen molar-refractivity contribution in [3.8, 4) is 0 Å². The summed E-state index contributed by atoms with van der Waals surface area (Å²) in [6, 6.07) is 0. The molecule has 0 aromatic rings. The first-order chi connectivity index (χ1) is 5.61. The summed E-state index contributed by atoms with van der Waals surface area (Å²) in [6.07, 6.45) is 1.40. The van der Waals surface area contributed by atoms with Crippen molar-refractivity contribution in [2.75, 3.05) is 0 Å². The molecule has 0 bridgehead atoms. The van der Waals surface area contributed by atoms with Gasteiger partial charge in [0.25, 0.3) is 0 Å². The van der Waals surface area contributed by atoms with Gasteiger partial charge < -0.3 is 15.9 Å². The van der Waals surface area contributed by atoms with E-state index in [2.05, 4.69) is 0 Å². The number of hydrogen-bond donors (Lipinski definition) is 3. The highest BCUT2D eigenvalue weighted by molar-refractivity contribution is 5.78. The third-order valence-corrected chi connectivity index (χ3v) is 2.48. The Morgan fingerprint density at radius 1 is 1.33 bits per heavy atom. The van der Waals surface area contributed by atoms with Gasteiger partial charge in [-0.3, -0.25) is 4.79 Å². The van der Waals surface area contributed by atoms with Crippen molar-refractivity contribution in [2.45, 2.75) is 37.9 Å². The van der Waals surface area contributed by atoms with Gasteiger partial charge in [0.2, 0.25) is 5.91 Å². The van der Waals surface area contributed by atoms with Gasteiger partial charge in [-0.2, -0.15) is 0 Å². The Morgan fingerprint density at radius 3 is 2.25 bits per heavy atom. The first kappa shape index (κ1) is 9.48. The standard InChI is InChI=1S/C8H15NO3/c9-8(12)7(11)5-1-3-6(10)4-2-5/h5-7,10-11H,1-4H2,(H2,9,12). The Kier molecular flexibility index (Phi) is 3.05. The lowest BCUT2D eigenvalue weighted by Crippen LogP contribution is -2.37. The molecule has 1 amide bonds. The third kappa shape index (κ3) is 2.19. The minimum atomic E-state index is -1.03. The first-order valence-corrected chi connectivity index (χ1v) is 4.26. The Bertz CT molecular complexity index is 164. The van der Waals surface area contributed by atoms with E-state index in [4.69, 9.17) is 10.8 Å². The zero-order valence-electron chi connectivity index (χ0n) is 6.94. The monoisotopic (exact) mass is 173 g/mol. The van der Waals surface area contributed by atoms with Crippen LogP contribution in [0.4, 0.5) is 0 Å². The topological polar surface area (TPSA) is 83.6 Å². The van der Waals surface area contributed by atoms with E-state index in [1.54, 1.807) is 0 Å². The molecule has 0 radical (unpaired) electrons. The van der Waals surface area contributed by atoms with Gasteiger partial charge in [-0.15, -0.1) is 0 Å². The van der Waals surface area contributed by atoms with Gasteiger partial charge in [-0.05, 0) is 31.6 Å². The van der Waals surface area contributed by atoms with Gasteiger partial charge >= 0.3 is 0 Å². The van der Waals surface area contributed by atoms with Crippen molar-refractivity contribution in [2.24, 2.45) is 11.7 Å². The number of primary amides is 1. The van der Waals surface area contributed by atoms with Crippen LogP contribution in [-0.2, 0) is 4.79 Å². The van der Waals surface area contributed by atoms with E-state index in [9.17, 15) is 9.90 Å². The van der Waals surface area contributed by atoms with Crippen LogP contribution >= 0.6 is 0 Å². The van der Waals surface area contributed by atoms with Gasteiger partial charge in [0, 0.05) is 0 Å². The summed E-state index contributed by atoms with van der Waals surface area (Å²) in [4.78, 5) is 10.6. The highest BCUT2D eigenvalue weighted by atomic mass is 16.3. The molecule has 0 aliphatic heterocycles. The fraction of sp³-hybridized carbons (Fsp3) is 0.875. The molecule has 4 heteroatoms. The molecule has 0 aromatic carbocycles. The fourth-order valence-corrected chi connectivity index (χ4v) is 1.65. The number of nitrogens with two attached hydrogens (primary N) is 1. The van der Waals surface area contributed by atoms with Crippen molar-refractivity contribution in [3.05, 3.63) is 0 Å². The minimum Gasteiger partial charge on any atom is -0.393 e. The molecule has 1 saturated carbocycles. The van der Waals surface area contributed by atoms with Crippen LogP contribution in [0.1, 0.15) is 25.7 Å². The Hall–Kier alpha value is -0.610. The van der Waals surface area contributed by atoms with Crippen LogP contribution in [0.2, 0.25) is 0 Å². The molecule has 1 rings (SSSR count). The molecule has 0 saturated heterocycles. The summed E-state index contributed by atoms with van der Waals surface area (Å²) < 4.78 is 0. The second kappa shape index (κ2) is 3.87. The molecule has 4 nitrogen and oxygen atoms in total. The fourth-order valence-electron chi connectivity index (χ4n) is 1.65.